The first-order valence-corrected chi connectivity index (χ1v) is 9.04. The lowest BCUT2D eigenvalue weighted by atomic mass is 10.0. The second kappa shape index (κ2) is 7.40. The fraction of sp³-hybridized carbons (Fsp3) is 0.444. The third-order valence-corrected chi connectivity index (χ3v) is 5.30. The number of halogens is 1. The van der Waals surface area contributed by atoms with Crippen molar-refractivity contribution in [2.45, 2.75) is 25.3 Å². The molecular formula is C18H22FN3OS. The molecule has 0 aliphatic carbocycles. The monoisotopic (exact) mass is 347 g/mol. The number of aromatic nitrogens is 1. The van der Waals surface area contributed by atoms with E-state index in [0.29, 0.717) is 15.4 Å². The van der Waals surface area contributed by atoms with E-state index in [-0.39, 0.29) is 17.8 Å². The zero-order valence-electron chi connectivity index (χ0n) is 14.0. The maximum absolute atomic E-state index is 13.9. The number of nitrogens with zero attached hydrogens (tertiary/aromatic N) is 3. The number of amides is 1. The molecule has 6 heteroatoms. The van der Waals surface area contributed by atoms with Gasteiger partial charge in [-0.15, -0.1) is 11.3 Å². The van der Waals surface area contributed by atoms with Gasteiger partial charge in [0, 0.05) is 24.7 Å². The quantitative estimate of drug-likeness (QED) is 0.849. The first kappa shape index (κ1) is 17.0. The Kier molecular flexibility index (Phi) is 5.26. The van der Waals surface area contributed by atoms with Crippen molar-refractivity contribution in [2.24, 2.45) is 0 Å². The summed E-state index contributed by atoms with van der Waals surface area (Å²) in [5.74, 6) is -0.295. The molecule has 0 saturated carbocycles. The fourth-order valence-electron chi connectivity index (χ4n) is 3.15. The summed E-state index contributed by atoms with van der Waals surface area (Å²) in [7, 11) is 4.06. The topological polar surface area (TPSA) is 36.4 Å². The van der Waals surface area contributed by atoms with Crippen LogP contribution in [0.25, 0.3) is 10.6 Å². The molecular weight excluding hydrogens is 325 g/mol. The molecule has 1 aliphatic heterocycles. The van der Waals surface area contributed by atoms with Gasteiger partial charge in [0.05, 0.1) is 6.20 Å². The number of rotatable bonds is 4. The lowest BCUT2D eigenvalue weighted by molar-refractivity contribution is 0.0579. The van der Waals surface area contributed by atoms with Crippen LogP contribution < -0.4 is 0 Å². The lowest BCUT2D eigenvalue weighted by Gasteiger charge is -2.37. The van der Waals surface area contributed by atoms with Crippen LogP contribution >= 0.6 is 11.3 Å². The van der Waals surface area contributed by atoms with Gasteiger partial charge in [-0.05, 0) is 45.5 Å². The highest BCUT2D eigenvalue weighted by Crippen LogP contribution is 2.29. The molecule has 0 radical (unpaired) electrons. The normalized spacial score (nSPS) is 18.2. The maximum Gasteiger partial charge on any atom is 0.265 e. The van der Waals surface area contributed by atoms with Crippen molar-refractivity contribution >= 4 is 17.2 Å². The summed E-state index contributed by atoms with van der Waals surface area (Å²) in [6, 6.07) is 6.77. The number of thiazole rings is 1. The van der Waals surface area contributed by atoms with E-state index in [1.54, 1.807) is 24.4 Å². The Labute approximate surface area is 145 Å². The summed E-state index contributed by atoms with van der Waals surface area (Å²) in [5, 5.41) is 0.553. The molecule has 1 amide bonds. The molecule has 1 aliphatic rings. The van der Waals surface area contributed by atoms with E-state index in [1.807, 2.05) is 19.0 Å². The molecule has 2 aromatic rings. The zero-order chi connectivity index (χ0) is 17.1. The molecule has 1 fully saturated rings. The lowest BCUT2D eigenvalue weighted by Crippen LogP contribution is -2.48. The number of carbonyl (C=O) groups is 1. The second-order valence-corrected chi connectivity index (χ2v) is 7.45. The summed E-state index contributed by atoms with van der Waals surface area (Å²) in [4.78, 5) is 21.8. The molecule has 0 spiro atoms. The van der Waals surface area contributed by atoms with Gasteiger partial charge < -0.3 is 9.80 Å². The van der Waals surface area contributed by atoms with E-state index in [2.05, 4.69) is 9.88 Å². The molecule has 3 rings (SSSR count). The van der Waals surface area contributed by atoms with E-state index < -0.39 is 0 Å². The van der Waals surface area contributed by atoms with Crippen LogP contribution in [0.5, 0.6) is 0 Å². The molecule has 0 N–H and O–H groups in total. The minimum Gasteiger partial charge on any atom is -0.334 e. The van der Waals surface area contributed by atoms with Crippen molar-refractivity contribution in [3.8, 4) is 10.6 Å². The van der Waals surface area contributed by atoms with Crippen molar-refractivity contribution < 1.29 is 9.18 Å². The second-order valence-electron chi connectivity index (χ2n) is 6.42. The highest BCUT2D eigenvalue weighted by Gasteiger charge is 2.29. The number of carbonyl (C=O) groups excluding carboxylic acids is 1. The van der Waals surface area contributed by atoms with Crippen LogP contribution in [0.3, 0.4) is 0 Å². The Morgan fingerprint density at radius 2 is 2.17 bits per heavy atom. The van der Waals surface area contributed by atoms with Gasteiger partial charge >= 0.3 is 0 Å². The van der Waals surface area contributed by atoms with E-state index >= 15 is 0 Å². The molecule has 4 nitrogen and oxygen atoms in total. The van der Waals surface area contributed by atoms with Gasteiger partial charge in [0.25, 0.3) is 5.91 Å². The number of likely N-dealkylation sites (N-methyl/N-ethyl adjacent to an activating group) is 1. The average Bonchev–Trinajstić information content (AvgIpc) is 3.04. The van der Waals surface area contributed by atoms with Crippen LogP contribution in [0.4, 0.5) is 4.39 Å². The Hall–Kier alpha value is -1.79. The Morgan fingerprint density at radius 1 is 1.38 bits per heavy atom. The maximum atomic E-state index is 13.9. The summed E-state index contributed by atoms with van der Waals surface area (Å²) in [6.07, 6.45) is 4.80. The van der Waals surface area contributed by atoms with E-state index in [9.17, 15) is 9.18 Å². The Balaban J connectivity index is 1.81. The van der Waals surface area contributed by atoms with Crippen molar-refractivity contribution in [1.29, 1.82) is 0 Å². The van der Waals surface area contributed by atoms with Crippen LogP contribution in [0.15, 0.2) is 30.5 Å². The molecule has 1 atom stereocenters. The number of piperidine rings is 1. The van der Waals surface area contributed by atoms with Crippen LogP contribution in [0.2, 0.25) is 0 Å². The molecule has 1 aromatic carbocycles. The van der Waals surface area contributed by atoms with E-state index in [0.717, 1.165) is 32.4 Å². The van der Waals surface area contributed by atoms with Crippen molar-refractivity contribution in [3.05, 3.63) is 41.2 Å². The van der Waals surface area contributed by atoms with Gasteiger partial charge in [-0.2, -0.15) is 0 Å². The molecule has 1 saturated heterocycles. The van der Waals surface area contributed by atoms with Crippen LogP contribution in [0, 0.1) is 5.82 Å². The van der Waals surface area contributed by atoms with Gasteiger partial charge in [-0.1, -0.05) is 12.1 Å². The predicted octanol–water partition coefficient (Wildman–Crippen LogP) is 3.51. The third kappa shape index (κ3) is 3.65. The molecule has 0 bridgehead atoms. The van der Waals surface area contributed by atoms with Crippen LogP contribution in [-0.2, 0) is 0 Å². The van der Waals surface area contributed by atoms with Gasteiger partial charge in [-0.3, -0.25) is 4.79 Å². The van der Waals surface area contributed by atoms with E-state index in [1.165, 1.54) is 17.4 Å². The van der Waals surface area contributed by atoms with Crippen molar-refractivity contribution in [3.63, 3.8) is 0 Å². The number of benzene rings is 1. The van der Waals surface area contributed by atoms with Gasteiger partial charge in [0.1, 0.15) is 15.7 Å². The van der Waals surface area contributed by atoms with Crippen molar-refractivity contribution in [1.82, 2.24) is 14.8 Å². The largest absolute Gasteiger partial charge is 0.334 e. The number of hydrogen-bond donors (Lipinski definition) is 0. The Morgan fingerprint density at radius 3 is 2.92 bits per heavy atom. The standard InChI is InChI=1S/C18H22FN3OS/c1-21(2)12-13-7-5-6-10-22(13)18(23)16-11-20-17(24-16)14-8-3-4-9-15(14)19/h3-4,8-9,11,13H,5-7,10,12H2,1-2H3. The molecule has 1 aromatic heterocycles. The van der Waals surface area contributed by atoms with Gasteiger partial charge in [-0.25, -0.2) is 9.37 Å². The SMILES string of the molecule is CN(C)CC1CCCCN1C(=O)c1cnc(-c2ccccc2F)s1. The van der Waals surface area contributed by atoms with Crippen molar-refractivity contribution in [2.75, 3.05) is 27.2 Å². The average molecular weight is 347 g/mol. The summed E-state index contributed by atoms with van der Waals surface area (Å²) in [6.45, 7) is 1.65. The minimum absolute atomic E-state index is 0.0154. The molecule has 24 heavy (non-hydrogen) atoms. The van der Waals surface area contributed by atoms with Crippen LogP contribution in [-0.4, -0.2) is 53.9 Å². The number of likely N-dealkylation sites (tertiary alicyclic amines) is 1. The number of hydrogen-bond acceptors (Lipinski definition) is 4. The highest BCUT2D eigenvalue weighted by molar-refractivity contribution is 7.16. The smallest absolute Gasteiger partial charge is 0.265 e. The summed E-state index contributed by atoms with van der Waals surface area (Å²) < 4.78 is 13.9. The molecule has 128 valence electrons. The fourth-order valence-corrected chi connectivity index (χ4v) is 4.05. The molecule has 1 unspecified atom stereocenters. The van der Waals surface area contributed by atoms with Gasteiger partial charge in [0.15, 0.2) is 0 Å². The predicted molar refractivity (Wildman–Crippen MR) is 94.7 cm³/mol. The zero-order valence-corrected chi connectivity index (χ0v) is 14.9. The Bertz CT molecular complexity index is 716. The highest BCUT2D eigenvalue weighted by atomic mass is 32.1. The van der Waals surface area contributed by atoms with Crippen LogP contribution in [0.1, 0.15) is 28.9 Å². The first-order chi connectivity index (χ1) is 11.6. The van der Waals surface area contributed by atoms with E-state index in [4.69, 9.17) is 0 Å². The van der Waals surface area contributed by atoms with Gasteiger partial charge in [0.2, 0.25) is 0 Å². The minimum atomic E-state index is -0.311. The third-order valence-electron chi connectivity index (χ3n) is 4.28. The first-order valence-electron chi connectivity index (χ1n) is 8.22. The molecule has 2 heterocycles. The summed E-state index contributed by atoms with van der Waals surface area (Å²) in [5.41, 5.74) is 0.449. The summed E-state index contributed by atoms with van der Waals surface area (Å²) >= 11 is 1.27.